The van der Waals surface area contributed by atoms with Gasteiger partial charge in [-0.05, 0) is 35.8 Å². The van der Waals surface area contributed by atoms with Crippen LogP contribution in [0, 0.1) is 0 Å². The smallest absolute Gasteiger partial charge is 0.0755 e. The molecule has 0 amide bonds. The Kier molecular flexibility index (Phi) is 3.81. The molecular weight excluding hydrogens is 236 g/mol. The van der Waals surface area contributed by atoms with Gasteiger partial charge < -0.3 is 20.8 Å². The monoisotopic (exact) mass is 256 g/mol. The molecule has 1 aliphatic rings. The summed E-state index contributed by atoms with van der Waals surface area (Å²) in [5.74, 6) is 2.12. The molecule has 17 heavy (non-hydrogen) atoms. The van der Waals surface area contributed by atoms with Crippen molar-refractivity contribution in [1.82, 2.24) is 0 Å². The Bertz CT molecular complexity index is 355. The highest BCUT2D eigenvalue weighted by Gasteiger charge is 2.28. The fourth-order valence-electron chi connectivity index (χ4n) is 2.06. The van der Waals surface area contributed by atoms with Crippen LogP contribution in [0.4, 0.5) is 11.4 Å². The number of nitrogens with zero attached hydrogens (tertiary/aromatic N) is 1. The van der Waals surface area contributed by atoms with Gasteiger partial charge in [-0.3, -0.25) is 0 Å². The third-order valence-electron chi connectivity index (χ3n) is 3.39. The number of aliphatic hydroxyl groups excluding tert-OH is 2. The molecule has 1 saturated heterocycles. The molecule has 0 unspecified atom stereocenters. The van der Waals surface area contributed by atoms with Crippen LogP contribution in [0.2, 0.25) is 0 Å². The Hall–Kier alpha value is -0.910. The molecule has 4 N–H and O–H groups in total. The Labute approximate surface area is 103 Å². The van der Waals surface area contributed by atoms with Crippen LogP contribution in [0.25, 0.3) is 0 Å². The van der Waals surface area contributed by atoms with Gasteiger partial charge in [0.15, 0.2) is 0 Å². The summed E-state index contributed by atoms with van der Waals surface area (Å²) in [6.45, 7) is 1.81. The van der Waals surface area contributed by atoms with Crippen molar-refractivity contribution >= 4 is 21.4 Å². The summed E-state index contributed by atoms with van der Waals surface area (Å²) in [5, 5.41) is 18.8. The summed E-state index contributed by atoms with van der Waals surface area (Å²) in [6, 6.07) is 7.86. The number of anilines is 2. The summed E-state index contributed by atoms with van der Waals surface area (Å²) >= 11 is 0. The molecular formula is C12H20N2O2S. The van der Waals surface area contributed by atoms with Crippen molar-refractivity contribution in [2.24, 2.45) is 0 Å². The van der Waals surface area contributed by atoms with Crippen molar-refractivity contribution in [3.05, 3.63) is 24.3 Å². The van der Waals surface area contributed by atoms with Gasteiger partial charge in [-0.25, -0.2) is 0 Å². The molecule has 0 saturated carbocycles. The Morgan fingerprint density at radius 1 is 1.06 bits per heavy atom. The lowest BCUT2D eigenvalue weighted by atomic mass is 10.2. The predicted molar refractivity (Wildman–Crippen MR) is 74.6 cm³/mol. The first-order chi connectivity index (χ1) is 8.19. The maximum absolute atomic E-state index is 9.38. The van der Waals surface area contributed by atoms with Crippen molar-refractivity contribution < 1.29 is 10.2 Å². The summed E-state index contributed by atoms with van der Waals surface area (Å²) in [4.78, 5) is 2.29. The minimum atomic E-state index is -1.18. The van der Waals surface area contributed by atoms with Crippen LogP contribution in [-0.4, -0.2) is 46.7 Å². The van der Waals surface area contributed by atoms with Crippen molar-refractivity contribution in [3.63, 3.8) is 0 Å². The van der Waals surface area contributed by atoms with Crippen molar-refractivity contribution in [1.29, 1.82) is 0 Å². The molecule has 1 aromatic rings. The molecule has 4 nitrogen and oxygen atoms in total. The van der Waals surface area contributed by atoms with Gasteiger partial charge in [0.1, 0.15) is 0 Å². The molecule has 0 spiro atoms. The minimum absolute atomic E-state index is 0.152. The van der Waals surface area contributed by atoms with Gasteiger partial charge in [0.25, 0.3) is 0 Å². The Morgan fingerprint density at radius 3 is 2.06 bits per heavy atom. The van der Waals surface area contributed by atoms with E-state index < -0.39 is 10.0 Å². The van der Waals surface area contributed by atoms with E-state index in [0.717, 1.165) is 30.3 Å². The average Bonchev–Trinajstić information content (AvgIpc) is 2.40. The summed E-state index contributed by atoms with van der Waals surface area (Å²) in [7, 11) is -1.18. The van der Waals surface area contributed by atoms with Crippen molar-refractivity contribution in [2.75, 3.05) is 47.1 Å². The van der Waals surface area contributed by atoms with Crippen LogP contribution in [0.3, 0.4) is 0 Å². The number of aliphatic hydroxyl groups is 2. The fourth-order valence-corrected chi connectivity index (χ4v) is 4.08. The van der Waals surface area contributed by atoms with Gasteiger partial charge in [0, 0.05) is 24.5 Å². The van der Waals surface area contributed by atoms with E-state index in [1.54, 1.807) is 0 Å². The van der Waals surface area contributed by atoms with Gasteiger partial charge >= 0.3 is 0 Å². The van der Waals surface area contributed by atoms with Gasteiger partial charge in [-0.1, -0.05) is 0 Å². The van der Waals surface area contributed by atoms with E-state index in [0.29, 0.717) is 0 Å². The highest BCUT2D eigenvalue weighted by molar-refractivity contribution is 8.33. The SMILES string of the molecule is Nc1ccc(N2CCS(CO)(CO)CC2)cc1. The Morgan fingerprint density at radius 2 is 1.59 bits per heavy atom. The third-order valence-corrected chi connectivity index (χ3v) is 6.59. The predicted octanol–water partition coefficient (Wildman–Crippen LogP) is 0.793. The summed E-state index contributed by atoms with van der Waals surface area (Å²) < 4.78 is 0. The zero-order chi connectivity index (χ0) is 12.3. The maximum atomic E-state index is 9.38. The van der Waals surface area contributed by atoms with Crippen LogP contribution in [0.1, 0.15) is 0 Å². The maximum Gasteiger partial charge on any atom is 0.0755 e. The molecule has 0 radical (unpaired) electrons. The average molecular weight is 256 g/mol. The second-order valence-corrected chi connectivity index (χ2v) is 8.25. The van der Waals surface area contributed by atoms with Gasteiger partial charge in [-0.15, -0.1) is 0 Å². The second-order valence-electron chi connectivity index (χ2n) is 4.47. The molecule has 0 atom stereocenters. The molecule has 0 aromatic heterocycles. The molecule has 0 bridgehead atoms. The zero-order valence-electron chi connectivity index (χ0n) is 9.88. The molecule has 1 aromatic carbocycles. The van der Waals surface area contributed by atoms with E-state index >= 15 is 0 Å². The fraction of sp³-hybridized carbons (Fsp3) is 0.500. The molecule has 2 rings (SSSR count). The van der Waals surface area contributed by atoms with E-state index in [2.05, 4.69) is 4.90 Å². The van der Waals surface area contributed by atoms with Crippen molar-refractivity contribution in [2.45, 2.75) is 0 Å². The first kappa shape index (κ1) is 12.5. The number of hydrogen-bond acceptors (Lipinski definition) is 4. The molecule has 1 heterocycles. The largest absolute Gasteiger partial charge is 0.399 e. The lowest BCUT2D eigenvalue weighted by Crippen LogP contribution is -2.40. The van der Waals surface area contributed by atoms with E-state index in [4.69, 9.17) is 5.73 Å². The summed E-state index contributed by atoms with van der Waals surface area (Å²) in [5.41, 5.74) is 7.61. The van der Waals surface area contributed by atoms with Crippen LogP contribution in [0.15, 0.2) is 24.3 Å². The summed E-state index contributed by atoms with van der Waals surface area (Å²) in [6.07, 6.45) is 0. The van der Waals surface area contributed by atoms with Crippen molar-refractivity contribution in [3.8, 4) is 0 Å². The lowest BCUT2D eigenvalue weighted by Gasteiger charge is -2.44. The highest BCUT2D eigenvalue weighted by atomic mass is 32.3. The zero-order valence-corrected chi connectivity index (χ0v) is 10.7. The first-order valence-electron chi connectivity index (χ1n) is 5.75. The molecule has 1 aliphatic heterocycles. The molecule has 0 aliphatic carbocycles. The van der Waals surface area contributed by atoms with Gasteiger partial charge in [0.2, 0.25) is 0 Å². The molecule has 5 heteroatoms. The topological polar surface area (TPSA) is 69.7 Å². The standard InChI is InChI=1S/C12H20N2O2S/c13-11-1-3-12(4-2-11)14-5-7-17(9-15,10-16)8-6-14/h1-4,15-16H,5-10,13H2. The lowest BCUT2D eigenvalue weighted by molar-refractivity contribution is 0.344. The molecule has 1 fully saturated rings. The number of rotatable bonds is 3. The van der Waals surface area contributed by atoms with E-state index in [-0.39, 0.29) is 11.9 Å². The van der Waals surface area contributed by atoms with E-state index in [9.17, 15) is 10.2 Å². The Balaban J connectivity index is 2.01. The van der Waals surface area contributed by atoms with Crippen LogP contribution in [-0.2, 0) is 0 Å². The normalized spacial score (nSPS) is 21.2. The van der Waals surface area contributed by atoms with Crippen LogP contribution in [0.5, 0.6) is 0 Å². The van der Waals surface area contributed by atoms with E-state index in [1.807, 2.05) is 24.3 Å². The number of hydrogen-bond donors (Lipinski definition) is 3. The first-order valence-corrected chi connectivity index (χ1v) is 8.06. The number of benzene rings is 1. The van der Waals surface area contributed by atoms with E-state index in [1.165, 1.54) is 5.69 Å². The quantitative estimate of drug-likeness (QED) is 0.699. The molecule has 96 valence electrons. The van der Waals surface area contributed by atoms with Crippen LogP contribution < -0.4 is 10.6 Å². The second kappa shape index (κ2) is 5.16. The minimum Gasteiger partial charge on any atom is -0.399 e. The number of nitrogens with two attached hydrogens (primary N) is 1. The van der Waals surface area contributed by atoms with Gasteiger partial charge in [0.05, 0.1) is 11.9 Å². The van der Waals surface area contributed by atoms with Crippen LogP contribution >= 0.6 is 10.0 Å². The highest BCUT2D eigenvalue weighted by Crippen LogP contribution is 2.47. The number of nitrogen functional groups attached to an aromatic ring is 1. The third kappa shape index (κ3) is 2.68. The van der Waals surface area contributed by atoms with Gasteiger partial charge in [-0.2, -0.15) is 10.0 Å².